The minimum atomic E-state index is -0.410. The molecule has 4 heteroatoms. The van der Waals surface area contributed by atoms with Gasteiger partial charge in [0.1, 0.15) is 0 Å². The third-order valence-corrected chi connectivity index (χ3v) is 3.07. The third-order valence-electron chi connectivity index (χ3n) is 3.07. The number of para-hydroxylation sites is 4. The van der Waals surface area contributed by atoms with Gasteiger partial charge in [-0.05, 0) is 24.3 Å². The van der Waals surface area contributed by atoms with E-state index in [0.717, 1.165) is 23.3 Å². The molecule has 1 atom stereocenters. The molecule has 3 N–H and O–H groups in total. The van der Waals surface area contributed by atoms with Gasteiger partial charge in [-0.2, -0.15) is 0 Å². The molecule has 0 aromatic heterocycles. The summed E-state index contributed by atoms with van der Waals surface area (Å²) in [6, 6.07) is 15.3. The maximum absolute atomic E-state index is 11.2. The zero-order chi connectivity index (χ0) is 12.5. The number of rotatable bonds is 2. The molecule has 1 aliphatic rings. The molecule has 0 spiro atoms. The molecule has 90 valence electrons. The monoisotopic (exact) mass is 239 g/mol. The molecule has 1 aliphatic heterocycles. The Morgan fingerprint density at radius 2 is 1.72 bits per heavy atom. The van der Waals surface area contributed by atoms with Crippen LogP contribution in [0.5, 0.6) is 0 Å². The van der Waals surface area contributed by atoms with Gasteiger partial charge < -0.3 is 16.0 Å². The number of carbonyl (C=O) groups is 1. The van der Waals surface area contributed by atoms with E-state index >= 15 is 0 Å². The van der Waals surface area contributed by atoms with E-state index in [1.54, 1.807) is 0 Å². The summed E-state index contributed by atoms with van der Waals surface area (Å²) in [6.07, 6.45) is 0.471. The van der Waals surface area contributed by atoms with Crippen molar-refractivity contribution in [2.24, 2.45) is 0 Å². The molecule has 0 bridgehead atoms. The molecule has 0 radical (unpaired) electrons. The van der Waals surface area contributed by atoms with Crippen molar-refractivity contribution in [2.45, 2.75) is 6.17 Å². The Balaban J connectivity index is 2.15. The molecule has 2 aromatic carbocycles. The number of nitrogens with one attached hydrogen (secondary N) is 1. The fourth-order valence-electron chi connectivity index (χ4n) is 2.26. The van der Waals surface area contributed by atoms with Gasteiger partial charge in [0.05, 0.1) is 22.7 Å². The zero-order valence-corrected chi connectivity index (χ0v) is 9.71. The predicted molar refractivity (Wildman–Crippen MR) is 72.9 cm³/mol. The summed E-state index contributed by atoms with van der Waals surface area (Å²) in [6.45, 7) is 0. The first-order valence-electron chi connectivity index (χ1n) is 5.76. The Morgan fingerprint density at radius 1 is 1.06 bits per heavy atom. The fourth-order valence-corrected chi connectivity index (χ4v) is 2.26. The van der Waals surface area contributed by atoms with Gasteiger partial charge in [-0.25, -0.2) is 0 Å². The largest absolute Gasteiger partial charge is 0.397 e. The lowest BCUT2D eigenvalue weighted by Gasteiger charge is -2.24. The Labute approximate surface area is 105 Å². The highest BCUT2D eigenvalue weighted by atomic mass is 16.1. The van der Waals surface area contributed by atoms with Crippen LogP contribution in [0.4, 0.5) is 22.7 Å². The highest BCUT2D eigenvalue weighted by Crippen LogP contribution is 2.41. The first-order valence-corrected chi connectivity index (χ1v) is 5.76. The number of nitrogens with zero attached hydrogens (tertiary/aromatic N) is 1. The second-order valence-corrected chi connectivity index (χ2v) is 4.17. The Hall–Kier alpha value is -2.49. The fraction of sp³-hybridized carbons (Fsp3) is 0.0714. The smallest absolute Gasteiger partial charge is 0.163 e. The molecule has 0 saturated heterocycles. The number of fused-ring (bicyclic) bond motifs is 1. The van der Waals surface area contributed by atoms with E-state index in [1.807, 2.05) is 53.4 Å². The first-order chi connectivity index (χ1) is 8.81. The maximum Gasteiger partial charge on any atom is 0.163 e. The number of nitrogen functional groups attached to an aromatic ring is 1. The van der Waals surface area contributed by atoms with Crippen molar-refractivity contribution in [3.63, 3.8) is 0 Å². The van der Waals surface area contributed by atoms with Crippen LogP contribution in [0.15, 0.2) is 48.5 Å². The van der Waals surface area contributed by atoms with E-state index in [-0.39, 0.29) is 0 Å². The van der Waals surface area contributed by atoms with Gasteiger partial charge in [0.25, 0.3) is 0 Å². The van der Waals surface area contributed by atoms with Crippen molar-refractivity contribution >= 4 is 29.0 Å². The lowest BCUT2D eigenvalue weighted by molar-refractivity contribution is -0.108. The normalized spacial score (nSPS) is 17.1. The van der Waals surface area contributed by atoms with Gasteiger partial charge in [0, 0.05) is 0 Å². The molecule has 18 heavy (non-hydrogen) atoms. The lowest BCUT2D eigenvalue weighted by atomic mass is 10.2. The summed E-state index contributed by atoms with van der Waals surface area (Å²) >= 11 is 0. The summed E-state index contributed by atoms with van der Waals surface area (Å²) in [5.74, 6) is 0. The Kier molecular flexibility index (Phi) is 2.41. The van der Waals surface area contributed by atoms with Crippen LogP contribution >= 0.6 is 0 Å². The number of aldehydes is 1. The van der Waals surface area contributed by atoms with Crippen molar-refractivity contribution in [3.05, 3.63) is 48.5 Å². The van der Waals surface area contributed by atoms with Crippen LogP contribution in [0.2, 0.25) is 0 Å². The number of benzene rings is 2. The van der Waals surface area contributed by atoms with E-state index < -0.39 is 6.17 Å². The van der Waals surface area contributed by atoms with Crippen LogP contribution in [0.25, 0.3) is 0 Å². The Bertz CT molecular complexity index is 597. The second kappa shape index (κ2) is 4.07. The number of hydrogen-bond acceptors (Lipinski definition) is 4. The van der Waals surface area contributed by atoms with Gasteiger partial charge in [0.15, 0.2) is 12.5 Å². The van der Waals surface area contributed by atoms with E-state index in [1.165, 1.54) is 0 Å². The van der Waals surface area contributed by atoms with Crippen LogP contribution in [-0.4, -0.2) is 12.5 Å². The minimum Gasteiger partial charge on any atom is -0.397 e. The number of carbonyl (C=O) groups excluding carboxylic acids is 1. The van der Waals surface area contributed by atoms with Crippen molar-refractivity contribution in [1.82, 2.24) is 0 Å². The summed E-state index contributed by atoms with van der Waals surface area (Å²) < 4.78 is 0. The molecule has 1 heterocycles. The molecule has 0 fully saturated rings. The summed E-state index contributed by atoms with van der Waals surface area (Å²) in [4.78, 5) is 13.1. The standard InChI is InChI=1S/C14H13N3O/c15-10-5-1-3-7-12(10)17-13-8-4-2-6-11(13)16-14(17)9-18/h1-9,14,16H,15H2. The topological polar surface area (TPSA) is 58.4 Å². The average molecular weight is 239 g/mol. The van der Waals surface area contributed by atoms with Crippen LogP contribution in [0.1, 0.15) is 0 Å². The summed E-state index contributed by atoms with van der Waals surface area (Å²) in [5.41, 5.74) is 9.39. The molecule has 1 unspecified atom stereocenters. The van der Waals surface area contributed by atoms with E-state index in [0.29, 0.717) is 5.69 Å². The first kappa shape index (κ1) is 10.7. The zero-order valence-electron chi connectivity index (χ0n) is 9.71. The number of anilines is 4. The molecular weight excluding hydrogens is 226 g/mol. The molecule has 0 aliphatic carbocycles. The molecule has 3 rings (SSSR count). The number of nitrogens with two attached hydrogens (primary N) is 1. The van der Waals surface area contributed by atoms with E-state index in [4.69, 9.17) is 5.73 Å². The summed E-state index contributed by atoms with van der Waals surface area (Å²) in [7, 11) is 0. The van der Waals surface area contributed by atoms with Crippen molar-refractivity contribution in [1.29, 1.82) is 0 Å². The summed E-state index contributed by atoms with van der Waals surface area (Å²) in [5, 5.41) is 3.16. The van der Waals surface area contributed by atoms with Crippen molar-refractivity contribution in [2.75, 3.05) is 16.0 Å². The molecule has 2 aromatic rings. The third kappa shape index (κ3) is 1.50. The maximum atomic E-state index is 11.2. The van der Waals surface area contributed by atoms with Crippen molar-refractivity contribution in [3.8, 4) is 0 Å². The highest BCUT2D eigenvalue weighted by Gasteiger charge is 2.29. The van der Waals surface area contributed by atoms with Gasteiger partial charge in [-0.3, -0.25) is 4.79 Å². The van der Waals surface area contributed by atoms with Crippen LogP contribution in [0.3, 0.4) is 0 Å². The average Bonchev–Trinajstić information content (AvgIpc) is 2.78. The SMILES string of the molecule is Nc1ccccc1N1c2ccccc2NC1C=O. The van der Waals surface area contributed by atoms with E-state index in [2.05, 4.69) is 5.32 Å². The second-order valence-electron chi connectivity index (χ2n) is 4.17. The highest BCUT2D eigenvalue weighted by molar-refractivity contribution is 5.92. The Morgan fingerprint density at radius 3 is 2.44 bits per heavy atom. The molecular formula is C14H13N3O. The van der Waals surface area contributed by atoms with Gasteiger partial charge >= 0.3 is 0 Å². The molecule has 4 nitrogen and oxygen atoms in total. The quantitative estimate of drug-likeness (QED) is 0.624. The van der Waals surface area contributed by atoms with E-state index in [9.17, 15) is 4.79 Å². The number of hydrogen-bond donors (Lipinski definition) is 2. The molecule has 0 amide bonds. The van der Waals surface area contributed by atoms with Crippen LogP contribution in [-0.2, 0) is 4.79 Å². The minimum absolute atomic E-state index is 0.410. The van der Waals surface area contributed by atoms with Gasteiger partial charge in [-0.1, -0.05) is 24.3 Å². The van der Waals surface area contributed by atoms with Crippen molar-refractivity contribution < 1.29 is 4.79 Å². The van der Waals surface area contributed by atoms with Crippen LogP contribution < -0.4 is 16.0 Å². The van der Waals surface area contributed by atoms with Crippen LogP contribution in [0, 0.1) is 0 Å². The predicted octanol–water partition coefficient (Wildman–Crippen LogP) is 2.36. The van der Waals surface area contributed by atoms with Gasteiger partial charge in [0.2, 0.25) is 0 Å². The lowest BCUT2D eigenvalue weighted by Crippen LogP contribution is -2.33. The van der Waals surface area contributed by atoms with Gasteiger partial charge in [-0.15, -0.1) is 0 Å². The molecule has 0 saturated carbocycles.